The first kappa shape index (κ1) is 21.0. The van der Waals surface area contributed by atoms with Gasteiger partial charge in [0.05, 0.1) is 12.0 Å². The molecule has 2 aliphatic carbocycles. The van der Waals surface area contributed by atoms with Crippen molar-refractivity contribution in [3.05, 3.63) is 41.7 Å². The highest BCUT2D eigenvalue weighted by Crippen LogP contribution is 2.56. The number of nitrogens with zero attached hydrogens (tertiary/aromatic N) is 2. The Morgan fingerprint density at radius 3 is 2.61 bits per heavy atom. The number of allylic oxidation sites excluding steroid dienone is 1. The Morgan fingerprint density at radius 2 is 1.90 bits per heavy atom. The minimum Gasteiger partial charge on any atom is -0.461 e. The van der Waals surface area contributed by atoms with Gasteiger partial charge < -0.3 is 14.7 Å². The van der Waals surface area contributed by atoms with Crippen LogP contribution < -0.4 is 4.90 Å². The number of halogens is 1. The summed E-state index contributed by atoms with van der Waals surface area (Å²) in [6.45, 7) is 8.42. The standard InChI is InChI=1S/C25H33FN2O3/c1-16-4-3-5-17-14-21-22(23(29)25(16,17)2)20(24(30)31-21)15-27-10-12-28(13-11-27)19-8-6-18(26)7-9-19/h5-9,16,20-23,29H,3-4,10-15H2,1-2H3/t16-,20?,21+,22+,23-,25+/m0/s1. The molecule has 4 aliphatic rings. The van der Waals surface area contributed by atoms with Crippen molar-refractivity contribution < 1.29 is 19.0 Å². The molecule has 2 aliphatic heterocycles. The fraction of sp³-hybridized carbons (Fsp3) is 0.640. The van der Waals surface area contributed by atoms with Crippen LogP contribution in [0.25, 0.3) is 0 Å². The number of ether oxygens (including phenoxy) is 1. The molecule has 1 aromatic carbocycles. The molecule has 3 fully saturated rings. The van der Waals surface area contributed by atoms with Crippen LogP contribution in [-0.2, 0) is 9.53 Å². The largest absolute Gasteiger partial charge is 0.461 e. The van der Waals surface area contributed by atoms with Gasteiger partial charge in [-0.1, -0.05) is 25.5 Å². The molecular formula is C25H33FN2O3. The van der Waals surface area contributed by atoms with Gasteiger partial charge in [0, 0.05) is 56.2 Å². The molecule has 5 rings (SSSR count). The lowest BCUT2D eigenvalue weighted by Gasteiger charge is -2.52. The van der Waals surface area contributed by atoms with Gasteiger partial charge in [-0.2, -0.15) is 0 Å². The number of rotatable bonds is 3. The molecular weight excluding hydrogens is 395 g/mol. The third-order valence-corrected chi connectivity index (χ3v) is 8.59. The van der Waals surface area contributed by atoms with Gasteiger partial charge in [0.1, 0.15) is 11.9 Å². The fourth-order valence-corrected chi connectivity index (χ4v) is 6.39. The van der Waals surface area contributed by atoms with Gasteiger partial charge in [-0.15, -0.1) is 0 Å². The van der Waals surface area contributed by atoms with E-state index in [-0.39, 0.29) is 35.1 Å². The molecule has 1 saturated carbocycles. The van der Waals surface area contributed by atoms with E-state index in [1.165, 1.54) is 17.7 Å². The maximum Gasteiger partial charge on any atom is 0.311 e. The van der Waals surface area contributed by atoms with Crippen molar-refractivity contribution in [2.24, 2.45) is 23.2 Å². The Balaban J connectivity index is 1.27. The third kappa shape index (κ3) is 3.48. The smallest absolute Gasteiger partial charge is 0.311 e. The molecule has 168 valence electrons. The molecule has 0 amide bonds. The molecule has 6 atom stereocenters. The van der Waals surface area contributed by atoms with Crippen LogP contribution in [0.3, 0.4) is 0 Å². The summed E-state index contributed by atoms with van der Waals surface area (Å²) < 4.78 is 19.0. The van der Waals surface area contributed by atoms with Crippen LogP contribution in [0, 0.1) is 29.0 Å². The van der Waals surface area contributed by atoms with Crippen LogP contribution in [0.1, 0.15) is 33.1 Å². The number of esters is 1. The number of aliphatic hydroxyl groups is 1. The van der Waals surface area contributed by atoms with Crippen molar-refractivity contribution in [1.29, 1.82) is 0 Å². The van der Waals surface area contributed by atoms with E-state index in [4.69, 9.17) is 4.74 Å². The monoisotopic (exact) mass is 428 g/mol. The number of carbonyl (C=O) groups excluding carboxylic acids is 1. The number of fused-ring (bicyclic) bond motifs is 2. The van der Waals surface area contributed by atoms with E-state index in [1.807, 2.05) is 12.1 Å². The lowest BCUT2D eigenvalue weighted by molar-refractivity contribution is -0.145. The average molecular weight is 429 g/mol. The quantitative estimate of drug-likeness (QED) is 0.592. The van der Waals surface area contributed by atoms with E-state index >= 15 is 0 Å². The van der Waals surface area contributed by atoms with Crippen molar-refractivity contribution >= 4 is 11.7 Å². The third-order valence-electron chi connectivity index (χ3n) is 8.59. The highest BCUT2D eigenvalue weighted by Gasteiger charge is 2.59. The average Bonchev–Trinajstić information content (AvgIpc) is 3.07. The Hall–Kier alpha value is -1.92. The van der Waals surface area contributed by atoms with Gasteiger partial charge >= 0.3 is 5.97 Å². The molecule has 2 heterocycles. The summed E-state index contributed by atoms with van der Waals surface area (Å²) in [4.78, 5) is 17.4. The molecule has 0 spiro atoms. The van der Waals surface area contributed by atoms with Gasteiger partial charge in [-0.25, -0.2) is 4.39 Å². The molecule has 6 heteroatoms. The van der Waals surface area contributed by atoms with Crippen LogP contribution in [0.4, 0.5) is 10.1 Å². The molecule has 2 saturated heterocycles. The Bertz CT molecular complexity index is 864. The van der Waals surface area contributed by atoms with E-state index in [1.54, 1.807) is 0 Å². The molecule has 5 nitrogen and oxygen atoms in total. The number of hydrogen-bond acceptors (Lipinski definition) is 5. The fourth-order valence-electron chi connectivity index (χ4n) is 6.39. The minimum atomic E-state index is -0.551. The van der Waals surface area contributed by atoms with Crippen molar-refractivity contribution in [2.45, 2.75) is 45.3 Å². The summed E-state index contributed by atoms with van der Waals surface area (Å²) in [5.74, 6) is -0.374. The van der Waals surface area contributed by atoms with Gasteiger partial charge in [-0.3, -0.25) is 9.69 Å². The van der Waals surface area contributed by atoms with Crippen LogP contribution in [0.2, 0.25) is 0 Å². The van der Waals surface area contributed by atoms with Crippen LogP contribution in [0.15, 0.2) is 35.9 Å². The second-order valence-electron chi connectivity index (χ2n) is 10.1. The number of anilines is 1. The van der Waals surface area contributed by atoms with Crippen LogP contribution in [-0.4, -0.2) is 60.9 Å². The first-order chi connectivity index (χ1) is 14.9. The predicted octanol–water partition coefficient (Wildman–Crippen LogP) is 3.23. The Morgan fingerprint density at radius 1 is 1.19 bits per heavy atom. The highest BCUT2D eigenvalue weighted by atomic mass is 19.1. The first-order valence-electron chi connectivity index (χ1n) is 11.7. The van der Waals surface area contributed by atoms with Crippen molar-refractivity contribution in [3.63, 3.8) is 0 Å². The normalized spacial score (nSPS) is 38.3. The Labute approximate surface area is 183 Å². The lowest BCUT2D eigenvalue weighted by Crippen LogP contribution is -2.55. The zero-order valence-corrected chi connectivity index (χ0v) is 18.5. The summed E-state index contributed by atoms with van der Waals surface area (Å²) in [5, 5.41) is 11.5. The van der Waals surface area contributed by atoms with Crippen molar-refractivity contribution in [1.82, 2.24) is 4.90 Å². The van der Waals surface area contributed by atoms with Gasteiger partial charge in [0.15, 0.2) is 0 Å². The van der Waals surface area contributed by atoms with Crippen LogP contribution >= 0.6 is 0 Å². The molecule has 1 aromatic rings. The number of aliphatic hydroxyl groups excluding tert-OH is 1. The van der Waals surface area contributed by atoms with E-state index < -0.39 is 6.10 Å². The molecule has 31 heavy (non-hydrogen) atoms. The zero-order valence-electron chi connectivity index (χ0n) is 18.5. The summed E-state index contributed by atoms with van der Waals surface area (Å²) in [7, 11) is 0. The number of benzene rings is 1. The molecule has 0 bridgehead atoms. The van der Waals surface area contributed by atoms with E-state index in [0.717, 1.165) is 51.1 Å². The van der Waals surface area contributed by atoms with Crippen molar-refractivity contribution in [3.8, 4) is 0 Å². The molecule has 0 aromatic heterocycles. The molecule has 0 radical (unpaired) electrons. The summed E-state index contributed by atoms with van der Waals surface area (Å²) >= 11 is 0. The maximum atomic E-state index is 13.2. The maximum absolute atomic E-state index is 13.2. The van der Waals surface area contributed by atoms with E-state index in [2.05, 4.69) is 29.7 Å². The highest BCUT2D eigenvalue weighted by molar-refractivity contribution is 5.76. The zero-order chi connectivity index (χ0) is 21.8. The second kappa shape index (κ2) is 7.89. The first-order valence-corrected chi connectivity index (χ1v) is 11.7. The van der Waals surface area contributed by atoms with Gasteiger partial charge in [0.25, 0.3) is 0 Å². The number of piperazine rings is 1. The minimum absolute atomic E-state index is 0.134. The van der Waals surface area contributed by atoms with Crippen molar-refractivity contribution in [2.75, 3.05) is 37.6 Å². The summed E-state index contributed by atoms with van der Waals surface area (Å²) in [6, 6.07) is 6.63. The molecule has 1 N–H and O–H groups in total. The van der Waals surface area contributed by atoms with E-state index in [9.17, 15) is 14.3 Å². The van der Waals surface area contributed by atoms with Gasteiger partial charge in [-0.05, 0) is 43.0 Å². The Kier molecular flexibility index (Phi) is 5.33. The van der Waals surface area contributed by atoms with Gasteiger partial charge in [0.2, 0.25) is 0 Å². The molecule has 1 unspecified atom stereocenters. The van der Waals surface area contributed by atoms with E-state index in [0.29, 0.717) is 12.5 Å². The predicted molar refractivity (Wildman–Crippen MR) is 117 cm³/mol. The van der Waals surface area contributed by atoms with Crippen LogP contribution in [0.5, 0.6) is 0 Å². The topological polar surface area (TPSA) is 53.0 Å². The summed E-state index contributed by atoms with van der Waals surface area (Å²) in [5.41, 5.74) is 2.05. The second-order valence-corrected chi connectivity index (χ2v) is 10.1. The lowest BCUT2D eigenvalue weighted by atomic mass is 9.55. The number of hydrogen-bond donors (Lipinski definition) is 1. The summed E-state index contributed by atoms with van der Waals surface area (Å²) in [6.07, 6.45) is 4.42. The number of carbonyl (C=O) groups is 1. The SMILES string of the molecule is C[C@H]1CCC=C2C[C@H]3OC(=O)C(CN4CCN(c5ccc(F)cc5)CC4)[C@H]3[C@H](O)[C@@]21C.